The first-order chi connectivity index (χ1) is 9.03. The number of halogens is 1. The molecule has 102 valence electrons. The Labute approximate surface area is 119 Å². The number of ether oxygens (including phenoxy) is 1. The van der Waals surface area contributed by atoms with Crippen LogP contribution in [0.2, 0.25) is 5.02 Å². The van der Waals surface area contributed by atoms with Crippen molar-refractivity contribution in [2.75, 3.05) is 0 Å². The van der Waals surface area contributed by atoms with Gasteiger partial charge in [0.25, 0.3) is 0 Å². The lowest BCUT2D eigenvalue weighted by Gasteiger charge is -2.45. The lowest BCUT2D eigenvalue weighted by molar-refractivity contribution is -0.151. The zero-order chi connectivity index (χ0) is 13.6. The molecule has 2 fully saturated rings. The van der Waals surface area contributed by atoms with E-state index in [1.807, 2.05) is 26.0 Å². The summed E-state index contributed by atoms with van der Waals surface area (Å²) in [5, 5.41) is 0.739. The first-order valence-corrected chi connectivity index (χ1v) is 7.37. The van der Waals surface area contributed by atoms with Crippen molar-refractivity contribution in [2.24, 2.45) is 5.41 Å². The van der Waals surface area contributed by atoms with E-state index in [-0.39, 0.29) is 11.5 Å². The van der Waals surface area contributed by atoms with Gasteiger partial charge in [-0.15, -0.1) is 0 Å². The molecule has 19 heavy (non-hydrogen) atoms. The molecule has 0 radical (unpaired) electrons. The van der Waals surface area contributed by atoms with Crippen LogP contribution in [0.25, 0.3) is 0 Å². The lowest BCUT2D eigenvalue weighted by atomic mass is 9.63. The van der Waals surface area contributed by atoms with Gasteiger partial charge in [-0.25, -0.2) is 0 Å². The van der Waals surface area contributed by atoms with Crippen molar-refractivity contribution in [1.29, 1.82) is 0 Å². The smallest absolute Gasteiger partial charge is 0.146 e. The standard InChI is InChI=1S/C16H19ClO2/c1-10-7-12(17)8-11(2)15(10)19-14-9-13(18)16(14)5-3-4-6-16/h7-8,14H,3-6,9H2,1-2H3. The van der Waals surface area contributed by atoms with E-state index in [4.69, 9.17) is 16.3 Å². The Hall–Kier alpha value is -1.02. The molecule has 0 N–H and O–H groups in total. The molecular weight excluding hydrogens is 260 g/mol. The van der Waals surface area contributed by atoms with Crippen molar-refractivity contribution >= 4 is 17.4 Å². The molecule has 2 aliphatic rings. The van der Waals surface area contributed by atoms with E-state index in [1.165, 1.54) is 0 Å². The van der Waals surface area contributed by atoms with Crippen molar-refractivity contribution in [1.82, 2.24) is 0 Å². The van der Waals surface area contributed by atoms with E-state index >= 15 is 0 Å². The van der Waals surface area contributed by atoms with E-state index in [1.54, 1.807) is 0 Å². The Balaban J connectivity index is 1.85. The Kier molecular flexibility index (Phi) is 3.09. The van der Waals surface area contributed by atoms with Crippen molar-refractivity contribution in [2.45, 2.75) is 52.1 Å². The summed E-state index contributed by atoms with van der Waals surface area (Å²) < 4.78 is 6.20. The highest BCUT2D eigenvalue weighted by molar-refractivity contribution is 6.30. The Morgan fingerprint density at radius 2 is 1.79 bits per heavy atom. The van der Waals surface area contributed by atoms with Crippen molar-refractivity contribution in [3.63, 3.8) is 0 Å². The first kappa shape index (κ1) is 13.0. The summed E-state index contributed by atoms with van der Waals surface area (Å²) in [6.07, 6.45) is 4.96. The second kappa shape index (κ2) is 4.52. The van der Waals surface area contributed by atoms with Gasteiger partial charge in [-0.1, -0.05) is 24.4 Å². The Morgan fingerprint density at radius 3 is 2.32 bits per heavy atom. The van der Waals surface area contributed by atoms with Crippen molar-refractivity contribution in [3.05, 3.63) is 28.3 Å². The summed E-state index contributed by atoms with van der Waals surface area (Å²) in [4.78, 5) is 12.0. The van der Waals surface area contributed by atoms with Gasteiger partial charge in [0.15, 0.2) is 0 Å². The van der Waals surface area contributed by atoms with E-state index in [0.29, 0.717) is 12.2 Å². The lowest BCUT2D eigenvalue weighted by Crippen LogP contribution is -2.55. The third-order valence-electron chi connectivity index (χ3n) is 4.72. The van der Waals surface area contributed by atoms with Crippen LogP contribution in [-0.4, -0.2) is 11.9 Å². The molecule has 3 heteroatoms. The van der Waals surface area contributed by atoms with E-state index in [0.717, 1.165) is 47.6 Å². The van der Waals surface area contributed by atoms with Crippen LogP contribution < -0.4 is 4.74 Å². The predicted molar refractivity (Wildman–Crippen MR) is 75.9 cm³/mol. The number of ketones is 1. The van der Waals surface area contributed by atoms with Gasteiger partial charge in [0, 0.05) is 11.4 Å². The molecule has 0 aromatic heterocycles. The van der Waals surface area contributed by atoms with Gasteiger partial charge in [-0.2, -0.15) is 0 Å². The van der Waals surface area contributed by atoms with Crippen LogP contribution in [-0.2, 0) is 4.79 Å². The number of rotatable bonds is 2. The number of aryl methyl sites for hydroxylation is 2. The predicted octanol–water partition coefficient (Wildman–Crippen LogP) is 4.24. The van der Waals surface area contributed by atoms with E-state index in [2.05, 4.69) is 0 Å². The molecule has 0 aliphatic heterocycles. The molecule has 0 bridgehead atoms. The summed E-state index contributed by atoms with van der Waals surface area (Å²) in [7, 11) is 0. The fourth-order valence-corrected chi connectivity index (χ4v) is 3.93. The number of hydrogen-bond donors (Lipinski definition) is 0. The van der Waals surface area contributed by atoms with Gasteiger partial charge in [0.2, 0.25) is 0 Å². The molecule has 1 unspecified atom stereocenters. The van der Waals surface area contributed by atoms with Crippen LogP contribution in [0.15, 0.2) is 12.1 Å². The van der Waals surface area contributed by atoms with Gasteiger partial charge in [0.05, 0.1) is 5.41 Å². The van der Waals surface area contributed by atoms with Crippen LogP contribution in [0.1, 0.15) is 43.2 Å². The normalized spacial score (nSPS) is 24.6. The van der Waals surface area contributed by atoms with Gasteiger partial charge in [-0.05, 0) is 49.9 Å². The van der Waals surface area contributed by atoms with Crippen molar-refractivity contribution in [3.8, 4) is 5.75 Å². The minimum Gasteiger partial charge on any atom is -0.488 e. The number of benzene rings is 1. The van der Waals surface area contributed by atoms with E-state index < -0.39 is 0 Å². The zero-order valence-electron chi connectivity index (χ0n) is 11.5. The molecule has 1 aromatic carbocycles. The quantitative estimate of drug-likeness (QED) is 0.809. The van der Waals surface area contributed by atoms with Crippen LogP contribution in [0.3, 0.4) is 0 Å². The highest BCUT2D eigenvalue weighted by atomic mass is 35.5. The topological polar surface area (TPSA) is 26.3 Å². The maximum Gasteiger partial charge on any atom is 0.146 e. The molecule has 1 aromatic rings. The fourth-order valence-electron chi connectivity index (χ4n) is 3.60. The van der Waals surface area contributed by atoms with Gasteiger partial charge < -0.3 is 4.74 Å². The molecule has 2 nitrogen and oxygen atoms in total. The Bertz CT molecular complexity index is 507. The molecular formula is C16H19ClO2. The maximum absolute atomic E-state index is 12.0. The minimum atomic E-state index is -0.168. The van der Waals surface area contributed by atoms with Crippen molar-refractivity contribution < 1.29 is 9.53 Å². The average molecular weight is 279 g/mol. The van der Waals surface area contributed by atoms with Gasteiger partial charge in [0.1, 0.15) is 17.6 Å². The largest absolute Gasteiger partial charge is 0.488 e. The molecule has 0 saturated heterocycles. The highest BCUT2D eigenvalue weighted by Crippen LogP contribution is 2.52. The highest BCUT2D eigenvalue weighted by Gasteiger charge is 2.57. The second-order valence-corrected chi connectivity index (χ2v) is 6.40. The summed E-state index contributed by atoms with van der Waals surface area (Å²) in [5.41, 5.74) is 1.94. The summed E-state index contributed by atoms with van der Waals surface area (Å²) in [5.74, 6) is 1.31. The number of hydrogen-bond acceptors (Lipinski definition) is 2. The van der Waals surface area contributed by atoms with Crippen LogP contribution >= 0.6 is 11.6 Å². The fraction of sp³-hybridized carbons (Fsp3) is 0.562. The second-order valence-electron chi connectivity index (χ2n) is 5.97. The third kappa shape index (κ3) is 1.97. The summed E-state index contributed by atoms with van der Waals surface area (Å²) >= 11 is 6.04. The van der Waals surface area contributed by atoms with Gasteiger partial charge in [-0.3, -0.25) is 4.79 Å². The number of carbonyl (C=O) groups is 1. The maximum atomic E-state index is 12.0. The molecule has 0 heterocycles. The molecule has 3 rings (SSSR count). The monoisotopic (exact) mass is 278 g/mol. The Morgan fingerprint density at radius 1 is 1.21 bits per heavy atom. The molecule has 0 amide bonds. The average Bonchev–Trinajstić information content (AvgIpc) is 2.84. The zero-order valence-corrected chi connectivity index (χ0v) is 12.2. The first-order valence-electron chi connectivity index (χ1n) is 7.00. The number of carbonyl (C=O) groups excluding carboxylic acids is 1. The number of Topliss-reactive ketones (excluding diaryl/α,β-unsaturated/α-hetero) is 1. The van der Waals surface area contributed by atoms with E-state index in [9.17, 15) is 4.79 Å². The van der Waals surface area contributed by atoms with Gasteiger partial charge >= 0.3 is 0 Å². The van der Waals surface area contributed by atoms with Crippen LogP contribution in [0.4, 0.5) is 0 Å². The summed E-state index contributed by atoms with van der Waals surface area (Å²) in [6.45, 7) is 4.02. The molecule has 1 spiro atoms. The molecule has 2 aliphatic carbocycles. The molecule has 1 atom stereocenters. The van der Waals surface area contributed by atoms with Crippen LogP contribution in [0, 0.1) is 19.3 Å². The third-order valence-corrected chi connectivity index (χ3v) is 4.94. The van der Waals surface area contributed by atoms with Crippen LogP contribution in [0.5, 0.6) is 5.75 Å². The minimum absolute atomic E-state index is 0.0704. The molecule has 2 saturated carbocycles. The summed E-state index contributed by atoms with van der Waals surface area (Å²) in [6, 6.07) is 3.84. The SMILES string of the molecule is Cc1cc(Cl)cc(C)c1OC1CC(=O)C12CCCC2.